The van der Waals surface area contributed by atoms with Crippen molar-refractivity contribution in [3.05, 3.63) is 0 Å². The van der Waals surface area contributed by atoms with E-state index in [1.807, 2.05) is 0 Å². The number of rotatable bonds is 5. The summed E-state index contributed by atoms with van der Waals surface area (Å²) in [5, 5.41) is 0. The quantitative estimate of drug-likeness (QED) is 0.670. The summed E-state index contributed by atoms with van der Waals surface area (Å²) in [7, 11) is 1.72. The first kappa shape index (κ1) is 12.3. The largest absolute Gasteiger partial charge is 0.382 e. The van der Waals surface area contributed by atoms with Crippen molar-refractivity contribution in [2.24, 2.45) is 5.92 Å². The van der Waals surface area contributed by atoms with Gasteiger partial charge in [0.1, 0.15) is 0 Å². The van der Waals surface area contributed by atoms with Gasteiger partial charge in [0.25, 0.3) is 0 Å². The Morgan fingerprint density at radius 2 is 1.75 bits per heavy atom. The molecule has 2 rings (SSSR count). The maximum Gasteiger partial charge on any atom is 0.0830 e. The molecule has 0 spiro atoms. The van der Waals surface area contributed by atoms with Crippen LogP contribution in [0.25, 0.3) is 0 Å². The summed E-state index contributed by atoms with van der Waals surface area (Å²) < 4.78 is 10.7. The molecule has 1 aliphatic heterocycles. The van der Waals surface area contributed by atoms with Crippen LogP contribution in [0, 0.1) is 5.92 Å². The maximum absolute atomic E-state index is 5.69. The van der Waals surface area contributed by atoms with Crippen LogP contribution < -0.4 is 0 Å². The standard InChI is InChI=1S/C13H25NO2/c1-11-3-5-12(6-4-11)14-9-13(10-14)16-8-7-15-2/h11-13H,3-10H2,1-2H3. The summed E-state index contributed by atoms with van der Waals surface area (Å²) in [6.07, 6.45) is 6.08. The SMILES string of the molecule is COCCOC1CN(C2CCC(C)CC2)C1. The number of ether oxygens (including phenoxy) is 2. The van der Waals surface area contributed by atoms with Crippen molar-refractivity contribution in [2.45, 2.75) is 44.8 Å². The average Bonchev–Trinajstić information content (AvgIpc) is 2.23. The van der Waals surface area contributed by atoms with E-state index in [0.29, 0.717) is 6.10 Å². The van der Waals surface area contributed by atoms with Gasteiger partial charge in [-0.25, -0.2) is 0 Å². The molecule has 2 fully saturated rings. The molecule has 0 atom stereocenters. The van der Waals surface area contributed by atoms with Gasteiger partial charge in [0.15, 0.2) is 0 Å². The van der Waals surface area contributed by atoms with Crippen molar-refractivity contribution in [2.75, 3.05) is 33.4 Å². The molecule has 0 N–H and O–H groups in total. The van der Waals surface area contributed by atoms with Crippen molar-refractivity contribution in [3.8, 4) is 0 Å². The molecule has 16 heavy (non-hydrogen) atoms. The van der Waals surface area contributed by atoms with Gasteiger partial charge in [-0.2, -0.15) is 0 Å². The lowest BCUT2D eigenvalue weighted by Crippen LogP contribution is -2.57. The van der Waals surface area contributed by atoms with E-state index in [1.54, 1.807) is 7.11 Å². The Balaban J connectivity index is 1.57. The fraction of sp³-hybridized carbons (Fsp3) is 1.00. The Hall–Kier alpha value is -0.120. The van der Waals surface area contributed by atoms with Gasteiger partial charge in [0.05, 0.1) is 19.3 Å². The molecule has 3 nitrogen and oxygen atoms in total. The van der Waals surface area contributed by atoms with E-state index in [-0.39, 0.29) is 0 Å². The molecule has 1 saturated carbocycles. The second-order valence-electron chi connectivity index (χ2n) is 5.35. The average molecular weight is 227 g/mol. The van der Waals surface area contributed by atoms with Crippen LogP contribution in [0.2, 0.25) is 0 Å². The molecular formula is C13H25NO2. The van der Waals surface area contributed by atoms with Gasteiger partial charge >= 0.3 is 0 Å². The van der Waals surface area contributed by atoms with E-state index < -0.39 is 0 Å². The third-order valence-corrected chi connectivity index (χ3v) is 4.02. The predicted molar refractivity (Wildman–Crippen MR) is 64.6 cm³/mol. The first-order chi connectivity index (χ1) is 7.79. The number of methoxy groups -OCH3 is 1. The second kappa shape index (κ2) is 5.99. The molecule has 1 heterocycles. The molecule has 0 unspecified atom stereocenters. The van der Waals surface area contributed by atoms with E-state index >= 15 is 0 Å². The summed E-state index contributed by atoms with van der Waals surface area (Å²) in [5.41, 5.74) is 0. The van der Waals surface area contributed by atoms with Crippen molar-refractivity contribution in [1.82, 2.24) is 4.90 Å². The summed E-state index contributed by atoms with van der Waals surface area (Å²) in [4.78, 5) is 2.60. The molecule has 0 amide bonds. The van der Waals surface area contributed by atoms with Crippen molar-refractivity contribution in [1.29, 1.82) is 0 Å². The summed E-state index contributed by atoms with van der Waals surface area (Å²) in [6.45, 7) is 6.13. The molecule has 0 aromatic rings. The van der Waals surface area contributed by atoms with Crippen LogP contribution in [0.1, 0.15) is 32.6 Å². The Kier molecular flexibility index (Phi) is 4.62. The summed E-state index contributed by atoms with van der Waals surface area (Å²) in [6, 6.07) is 0.846. The monoisotopic (exact) mass is 227 g/mol. The molecular weight excluding hydrogens is 202 g/mol. The third kappa shape index (κ3) is 3.19. The zero-order valence-electron chi connectivity index (χ0n) is 10.7. The maximum atomic E-state index is 5.69. The zero-order chi connectivity index (χ0) is 11.4. The Bertz CT molecular complexity index is 196. The molecule has 2 aliphatic rings. The molecule has 3 heteroatoms. The van der Waals surface area contributed by atoms with Crippen LogP contribution in [0.3, 0.4) is 0 Å². The fourth-order valence-corrected chi connectivity index (χ4v) is 2.78. The minimum atomic E-state index is 0.467. The normalized spacial score (nSPS) is 32.6. The van der Waals surface area contributed by atoms with Crippen LogP contribution in [0.5, 0.6) is 0 Å². The second-order valence-corrected chi connectivity index (χ2v) is 5.35. The smallest absolute Gasteiger partial charge is 0.0830 e. The lowest BCUT2D eigenvalue weighted by molar-refractivity contribution is -0.0877. The highest BCUT2D eigenvalue weighted by Crippen LogP contribution is 2.30. The van der Waals surface area contributed by atoms with Crippen molar-refractivity contribution < 1.29 is 9.47 Å². The molecule has 94 valence electrons. The number of hydrogen-bond donors (Lipinski definition) is 0. The summed E-state index contributed by atoms with van der Waals surface area (Å²) >= 11 is 0. The first-order valence-electron chi connectivity index (χ1n) is 6.64. The lowest BCUT2D eigenvalue weighted by Gasteiger charge is -2.46. The fourth-order valence-electron chi connectivity index (χ4n) is 2.78. The van der Waals surface area contributed by atoms with Gasteiger partial charge < -0.3 is 9.47 Å². The minimum Gasteiger partial charge on any atom is -0.382 e. The van der Waals surface area contributed by atoms with Gasteiger partial charge in [0, 0.05) is 26.2 Å². The zero-order valence-corrected chi connectivity index (χ0v) is 10.7. The number of hydrogen-bond acceptors (Lipinski definition) is 3. The Morgan fingerprint density at radius 1 is 1.06 bits per heavy atom. The van der Waals surface area contributed by atoms with Crippen LogP contribution >= 0.6 is 0 Å². The highest BCUT2D eigenvalue weighted by Gasteiger charge is 2.34. The summed E-state index contributed by atoms with van der Waals surface area (Å²) in [5.74, 6) is 0.950. The molecule has 0 bridgehead atoms. The lowest BCUT2D eigenvalue weighted by atomic mass is 9.85. The van der Waals surface area contributed by atoms with Gasteiger partial charge in [-0.15, -0.1) is 0 Å². The van der Waals surface area contributed by atoms with Gasteiger partial charge in [-0.05, 0) is 31.6 Å². The van der Waals surface area contributed by atoms with Crippen LogP contribution in [0.4, 0.5) is 0 Å². The van der Waals surface area contributed by atoms with Crippen molar-refractivity contribution in [3.63, 3.8) is 0 Å². The van der Waals surface area contributed by atoms with Crippen molar-refractivity contribution >= 4 is 0 Å². The first-order valence-corrected chi connectivity index (χ1v) is 6.64. The van der Waals surface area contributed by atoms with Crippen LogP contribution in [-0.4, -0.2) is 50.5 Å². The molecule has 1 saturated heterocycles. The predicted octanol–water partition coefficient (Wildman–Crippen LogP) is 1.91. The Morgan fingerprint density at radius 3 is 2.38 bits per heavy atom. The van der Waals surface area contributed by atoms with E-state index in [1.165, 1.54) is 25.7 Å². The van der Waals surface area contributed by atoms with E-state index in [4.69, 9.17) is 9.47 Å². The molecule has 0 radical (unpaired) electrons. The molecule has 1 aliphatic carbocycles. The third-order valence-electron chi connectivity index (χ3n) is 4.02. The van der Waals surface area contributed by atoms with E-state index in [9.17, 15) is 0 Å². The highest BCUT2D eigenvalue weighted by atomic mass is 16.5. The van der Waals surface area contributed by atoms with Gasteiger partial charge in [0.2, 0.25) is 0 Å². The molecule has 0 aromatic carbocycles. The number of likely N-dealkylation sites (tertiary alicyclic amines) is 1. The van der Waals surface area contributed by atoms with E-state index in [2.05, 4.69) is 11.8 Å². The van der Waals surface area contributed by atoms with Crippen LogP contribution in [-0.2, 0) is 9.47 Å². The molecule has 0 aromatic heterocycles. The topological polar surface area (TPSA) is 21.7 Å². The highest BCUT2D eigenvalue weighted by molar-refractivity contribution is 4.88. The Labute approximate surface area is 99.1 Å². The van der Waals surface area contributed by atoms with E-state index in [0.717, 1.165) is 38.3 Å². The minimum absolute atomic E-state index is 0.467. The van der Waals surface area contributed by atoms with Gasteiger partial charge in [-0.3, -0.25) is 4.90 Å². The van der Waals surface area contributed by atoms with Gasteiger partial charge in [-0.1, -0.05) is 6.92 Å². The number of nitrogens with zero attached hydrogens (tertiary/aromatic N) is 1. The van der Waals surface area contributed by atoms with Crippen LogP contribution in [0.15, 0.2) is 0 Å².